The summed E-state index contributed by atoms with van der Waals surface area (Å²) < 4.78 is 0. The predicted octanol–water partition coefficient (Wildman–Crippen LogP) is 1.15. The zero-order valence-corrected chi connectivity index (χ0v) is 14.0. The molecule has 5 nitrogen and oxygen atoms in total. The van der Waals surface area contributed by atoms with Crippen molar-refractivity contribution in [3.8, 4) is 0 Å². The Kier molecular flexibility index (Phi) is 6.98. The molecule has 1 N–H and O–H groups in total. The summed E-state index contributed by atoms with van der Waals surface area (Å²) in [5.74, 6) is -0.810. The number of hydrogen-bond acceptors (Lipinski definition) is 3. The zero-order chi connectivity index (χ0) is 12.7. The minimum Gasteiger partial charge on any atom is -0.358 e. The summed E-state index contributed by atoms with van der Waals surface area (Å²) in [6.07, 6.45) is 0.671. The van der Waals surface area contributed by atoms with Gasteiger partial charge in [-0.05, 0) is 6.42 Å². The van der Waals surface area contributed by atoms with Gasteiger partial charge in [0.1, 0.15) is 6.04 Å². The van der Waals surface area contributed by atoms with Gasteiger partial charge in [-0.15, -0.1) is 5.56 Å². The standard InChI is InChI=1S/C13H11N2O3.2CH3.Mo/c16-11-6-5-10(12(17)14-11)15-7-8-3-1-2-4-9(8)13(15)18;;;/h1-2,4,10H,5-7H2,(H,14,16,17);2*1H3;/q3*-1;+3/t10-;;;/m1.../s1. The smallest absolute Gasteiger partial charge is 0.358 e. The van der Waals surface area contributed by atoms with Crippen LogP contribution in [0.5, 0.6) is 0 Å². The van der Waals surface area contributed by atoms with E-state index in [0.29, 0.717) is 18.5 Å². The Balaban J connectivity index is 0.00000133. The van der Waals surface area contributed by atoms with E-state index in [1.807, 2.05) is 0 Å². The second-order valence-corrected chi connectivity index (χ2v) is 4.46. The van der Waals surface area contributed by atoms with Crippen LogP contribution in [0.2, 0.25) is 0 Å². The number of rotatable bonds is 1. The van der Waals surface area contributed by atoms with Crippen LogP contribution in [0.1, 0.15) is 28.8 Å². The van der Waals surface area contributed by atoms with Gasteiger partial charge in [0.15, 0.2) is 5.91 Å². The van der Waals surface area contributed by atoms with Gasteiger partial charge in [0.25, 0.3) is 0 Å². The number of imide groups is 1. The molecule has 21 heavy (non-hydrogen) atoms. The van der Waals surface area contributed by atoms with Crippen molar-refractivity contribution in [3.63, 3.8) is 0 Å². The third-order valence-corrected chi connectivity index (χ3v) is 3.35. The van der Waals surface area contributed by atoms with Crippen LogP contribution in [0, 0.1) is 20.9 Å². The summed E-state index contributed by atoms with van der Waals surface area (Å²) in [5, 5.41) is 2.27. The Morgan fingerprint density at radius 2 is 1.95 bits per heavy atom. The molecule has 6 heteroatoms. The van der Waals surface area contributed by atoms with Gasteiger partial charge in [-0.2, -0.15) is 24.3 Å². The number of carbonyl (C=O) groups is 3. The molecule has 1 saturated heterocycles. The Morgan fingerprint density at radius 1 is 1.24 bits per heavy atom. The minimum atomic E-state index is -0.545. The third-order valence-electron chi connectivity index (χ3n) is 3.35. The van der Waals surface area contributed by atoms with Crippen LogP contribution in [0.15, 0.2) is 18.2 Å². The minimum absolute atomic E-state index is 0. The molecule has 2 aliphatic heterocycles. The van der Waals surface area contributed by atoms with E-state index < -0.39 is 6.04 Å². The fourth-order valence-corrected chi connectivity index (χ4v) is 2.43. The number of benzene rings is 1. The number of amides is 3. The molecule has 1 aromatic carbocycles. The van der Waals surface area contributed by atoms with Gasteiger partial charge in [-0.25, -0.2) is 0 Å². The molecule has 3 rings (SSSR count). The van der Waals surface area contributed by atoms with E-state index in [9.17, 15) is 14.4 Å². The number of hydrogen-bond donors (Lipinski definition) is 1. The summed E-state index contributed by atoms with van der Waals surface area (Å²) in [5.41, 5.74) is 1.41. The maximum atomic E-state index is 12.2. The molecule has 2 heterocycles. The van der Waals surface area contributed by atoms with E-state index in [2.05, 4.69) is 11.4 Å². The van der Waals surface area contributed by atoms with Crippen LogP contribution in [-0.4, -0.2) is 28.7 Å². The number of fused-ring (bicyclic) bond motifs is 1. The maximum absolute atomic E-state index is 12.2. The molecule has 2 aliphatic rings. The first kappa shape index (κ1) is 19.5. The molecule has 1 fully saturated rings. The first-order valence-corrected chi connectivity index (χ1v) is 5.81. The van der Waals surface area contributed by atoms with Gasteiger partial charge in [0.05, 0.1) is 0 Å². The van der Waals surface area contributed by atoms with Crippen LogP contribution in [-0.2, 0) is 37.2 Å². The molecule has 0 aliphatic carbocycles. The van der Waals surface area contributed by atoms with Crippen molar-refractivity contribution in [1.29, 1.82) is 0 Å². The third kappa shape index (κ3) is 3.41. The van der Waals surface area contributed by atoms with E-state index in [0.717, 1.165) is 5.56 Å². The van der Waals surface area contributed by atoms with Crippen molar-refractivity contribution in [2.24, 2.45) is 0 Å². The largest absolute Gasteiger partial charge is 3.00 e. The maximum Gasteiger partial charge on any atom is 3.00 e. The summed E-state index contributed by atoms with van der Waals surface area (Å²) in [6, 6.07) is 7.71. The molecule has 1 radical (unpaired) electrons. The quantitative estimate of drug-likeness (QED) is 0.459. The molecular formula is C15H17MoN2O3. The molecule has 0 saturated carbocycles. The number of nitrogens with one attached hydrogen (secondary N) is 1. The normalized spacial score (nSPS) is 19.7. The summed E-state index contributed by atoms with van der Waals surface area (Å²) in [6.45, 7) is 0.390. The van der Waals surface area contributed by atoms with Crippen LogP contribution in [0.25, 0.3) is 0 Å². The van der Waals surface area contributed by atoms with Gasteiger partial charge in [-0.1, -0.05) is 5.56 Å². The van der Waals surface area contributed by atoms with E-state index in [-0.39, 0.29) is 60.1 Å². The van der Waals surface area contributed by atoms with E-state index in [4.69, 9.17) is 0 Å². The topological polar surface area (TPSA) is 66.5 Å². The molecule has 1 aromatic rings. The summed E-state index contributed by atoms with van der Waals surface area (Å²) in [4.78, 5) is 36.5. The molecule has 0 aromatic heterocycles. The summed E-state index contributed by atoms with van der Waals surface area (Å²) >= 11 is 0. The molecule has 3 amide bonds. The fourth-order valence-electron chi connectivity index (χ4n) is 2.43. The van der Waals surface area contributed by atoms with Crippen molar-refractivity contribution >= 4 is 17.7 Å². The Bertz CT molecular complexity index is 560. The van der Waals surface area contributed by atoms with Gasteiger partial charge < -0.3 is 19.8 Å². The first-order chi connectivity index (χ1) is 8.66. The molecule has 0 bridgehead atoms. The second kappa shape index (κ2) is 7.50. The summed E-state index contributed by atoms with van der Waals surface area (Å²) in [7, 11) is 0. The van der Waals surface area contributed by atoms with Crippen molar-refractivity contribution in [2.45, 2.75) is 25.4 Å². The van der Waals surface area contributed by atoms with Crippen LogP contribution >= 0.6 is 0 Å². The Hall–Kier alpha value is -1.48. The SMILES string of the molecule is O=C1CC[C@@H](N2Cc3[c-]cccc3C2=O)C(=O)N1.[CH3-].[CH3-].[Mo+3]. The van der Waals surface area contributed by atoms with Crippen molar-refractivity contribution < 1.29 is 35.4 Å². The molecular weight excluding hydrogens is 352 g/mol. The van der Waals surface area contributed by atoms with Gasteiger partial charge in [0, 0.05) is 13.0 Å². The van der Waals surface area contributed by atoms with Crippen molar-refractivity contribution in [3.05, 3.63) is 50.2 Å². The molecule has 1 atom stereocenters. The Labute approximate surface area is 139 Å². The van der Waals surface area contributed by atoms with Gasteiger partial charge >= 0.3 is 21.1 Å². The van der Waals surface area contributed by atoms with Crippen molar-refractivity contribution in [2.75, 3.05) is 0 Å². The fraction of sp³-hybridized carbons (Fsp3) is 0.267. The Morgan fingerprint density at radius 3 is 2.57 bits per heavy atom. The molecule has 111 valence electrons. The van der Waals surface area contributed by atoms with Crippen LogP contribution in [0.4, 0.5) is 0 Å². The van der Waals surface area contributed by atoms with E-state index >= 15 is 0 Å². The number of nitrogens with zero attached hydrogens (tertiary/aromatic N) is 1. The van der Waals surface area contributed by atoms with Crippen LogP contribution < -0.4 is 5.32 Å². The molecule has 0 unspecified atom stereocenters. The predicted molar refractivity (Wildman–Crippen MR) is 74.2 cm³/mol. The second-order valence-electron chi connectivity index (χ2n) is 4.46. The number of piperidine rings is 1. The zero-order valence-electron chi connectivity index (χ0n) is 12.0. The first-order valence-electron chi connectivity index (χ1n) is 5.81. The van der Waals surface area contributed by atoms with Gasteiger partial charge in [0.2, 0.25) is 11.8 Å². The average Bonchev–Trinajstić information content (AvgIpc) is 2.68. The molecule has 0 spiro atoms. The van der Waals surface area contributed by atoms with E-state index in [1.165, 1.54) is 4.90 Å². The average molecular weight is 369 g/mol. The van der Waals surface area contributed by atoms with Gasteiger partial charge in [-0.3, -0.25) is 19.7 Å². The van der Waals surface area contributed by atoms with E-state index in [1.54, 1.807) is 18.2 Å². The number of carbonyl (C=O) groups excluding carboxylic acids is 3. The van der Waals surface area contributed by atoms with Crippen LogP contribution in [0.3, 0.4) is 0 Å². The van der Waals surface area contributed by atoms with Crippen molar-refractivity contribution in [1.82, 2.24) is 10.2 Å². The monoisotopic (exact) mass is 371 g/mol.